The first-order valence-electron chi connectivity index (χ1n) is 7.09. The number of hydrogen-bond donors (Lipinski definition) is 2. The molecule has 1 fully saturated rings. The fraction of sp³-hybridized carbons (Fsp3) is 0.923. The van der Waals surface area contributed by atoms with E-state index in [1.165, 1.54) is 0 Å². The Morgan fingerprint density at radius 2 is 2.15 bits per heavy atom. The van der Waals surface area contributed by atoms with Crippen LogP contribution in [0.3, 0.4) is 0 Å². The number of carboxylic acids is 1. The van der Waals surface area contributed by atoms with Crippen molar-refractivity contribution in [2.75, 3.05) is 31.6 Å². The number of nitrogens with zero attached hydrogens (tertiary/aromatic N) is 1. The van der Waals surface area contributed by atoms with Crippen molar-refractivity contribution in [3.8, 4) is 0 Å². The molecule has 0 aliphatic carbocycles. The Kier molecular flexibility index (Phi) is 5.97. The fourth-order valence-corrected chi connectivity index (χ4v) is 4.18. The van der Waals surface area contributed by atoms with Crippen molar-refractivity contribution in [3.63, 3.8) is 0 Å². The van der Waals surface area contributed by atoms with E-state index >= 15 is 0 Å². The minimum Gasteiger partial charge on any atom is -0.480 e. The summed E-state index contributed by atoms with van der Waals surface area (Å²) in [7, 11) is -1.03. The lowest BCUT2D eigenvalue weighted by molar-refractivity contribution is -0.144. The van der Waals surface area contributed by atoms with Gasteiger partial charge in [-0.05, 0) is 39.8 Å². The van der Waals surface area contributed by atoms with Crippen LogP contribution >= 0.6 is 0 Å². The molecule has 118 valence electrons. The summed E-state index contributed by atoms with van der Waals surface area (Å²) < 4.78 is 22.9. The van der Waals surface area contributed by atoms with Gasteiger partial charge in [0.05, 0.1) is 11.5 Å². The average Bonchev–Trinajstić information content (AvgIpc) is 2.73. The smallest absolute Gasteiger partial charge is 0.323 e. The van der Waals surface area contributed by atoms with Crippen LogP contribution in [-0.4, -0.2) is 67.6 Å². The molecule has 20 heavy (non-hydrogen) atoms. The number of nitrogens with one attached hydrogen (secondary N) is 1. The second-order valence-electron chi connectivity index (χ2n) is 5.85. The first kappa shape index (κ1) is 17.4. The lowest BCUT2D eigenvalue weighted by atomic mass is 9.97. The highest BCUT2D eigenvalue weighted by molar-refractivity contribution is 7.91. The van der Waals surface area contributed by atoms with Gasteiger partial charge in [-0.15, -0.1) is 0 Å². The quantitative estimate of drug-likeness (QED) is 0.672. The van der Waals surface area contributed by atoms with Gasteiger partial charge in [0.25, 0.3) is 0 Å². The lowest BCUT2D eigenvalue weighted by Gasteiger charge is -2.30. The minimum atomic E-state index is -2.90. The van der Waals surface area contributed by atoms with Crippen LogP contribution in [0.2, 0.25) is 0 Å². The lowest BCUT2D eigenvalue weighted by Crippen LogP contribution is -2.52. The van der Waals surface area contributed by atoms with Crippen LogP contribution in [0.5, 0.6) is 0 Å². The van der Waals surface area contributed by atoms with Gasteiger partial charge in [-0.25, -0.2) is 8.42 Å². The van der Waals surface area contributed by atoms with E-state index in [-0.39, 0.29) is 17.5 Å². The van der Waals surface area contributed by atoms with Gasteiger partial charge >= 0.3 is 5.97 Å². The molecule has 0 aromatic carbocycles. The predicted octanol–water partition coefficient (Wildman–Crippen LogP) is 0.338. The van der Waals surface area contributed by atoms with E-state index in [1.54, 1.807) is 6.92 Å². The summed E-state index contributed by atoms with van der Waals surface area (Å²) in [6, 6.07) is 0.0178. The van der Waals surface area contributed by atoms with E-state index in [1.807, 2.05) is 18.9 Å². The Bertz CT molecular complexity index is 438. The highest BCUT2D eigenvalue weighted by atomic mass is 32.2. The van der Waals surface area contributed by atoms with Gasteiger partial charge in [-0.3, -0.25) is 4.79 Å². The van der Waals surface area contributed by atoms with Gasteiger partial charge in [0, 0.05) is 12.6 Å². The topological polar surface area (TPSA) is 86.7 Å². The molecule has 2 atom stereocenters. The Balaban J connectivity index is 2.53. The van der Waals surface area contributed by atoms with Crippen LogP contribution in [0.4, 0.5) is 0 Å². The number of carbonyl (C=O) groups is 1. The summed E-state index contributed by atoms with van der Waals surface area (Å²) in [5.74, 6) is -0.430. The zero-order valence-corrected chi connectivity index (χ0v) is 13.4. The molecule has 0 spiro atoms. The maximum absolute atomic E-state index is 11.5. The maximum Gasteiger partial charge on any atom is 0.323 e. The first-order valence-corrected chi connectivity index (χ1v) is 8.91. The molecule has 0 bridgehead atoms. The Morgan fingerprint density at radius 1 is 1.50 bits per heavy atom. The Labute approximate surface area is 121 Å². The van der Waals surface area contributed by atoms with Crippen LogP contribution < -0.4 is 5.32 Å². The van der Waals surface area contributed by atoms with Crippen LogP contribution in [-0.2, 0) is 14.6 Å². The van der Waals surface area contributed by atoms with Gasteiger partial charge in [0.2, 0.25) is 0 Å². The molecule has 1 rings (SSSR count). The number of rotatable bonds is 8. The molecule has 0 amide bonds. The molecule has 1 aliphatic heterocycles. The molecular weight excluding hydrogens is 280 g/mol. The molecule has 1 heterocycles. The van der Waals surface area contributed by atoms with Gasteiger partial charge < -0.3 is 15.3 Å². The van der Waals surface area contributed by atoms with Crippen molar-refractivity contribution in [3.05, 3.63) is 0 Å². The van der Waals surface area contributed by atoms with Crippen molar-refractivity contribution in [1.82, 2.24) is 10.2 Å². The zero-order chi connectivity index (χ0) is 15.4. The minimum absolute atomic E-state index is 0.0178. The molecule has 1 aliphatic rings. The first-order chi connectivity index (χ1) is 9.20. The van der Waals surface area contributed by atoms with Gasteiger partial charge in [0.1, 0.15) is 5.54 Å². The van der Waals surface area contributed by atoms with Crippen LogP contribution in [0.1, 0.15) is 33.1 Å². The van der Waals surface area contributed by atoms with Gasteiger partial charge in [0.15, 0.2) is 9.84 Å². The molecule has 0 aromatic rings. The molecule has 6 nitrogen and oxygen atoms in total. The standard InChI is InChI=1S/C13H26N2O4S/c1-4-7-14-13(2,12(16)17)6-8-15(3)11-5-9-20(18,19)10-11/h11,14H,4-10H2,1-3H3,(H,16,17). The third-order valence-electron chi connectivity index (χ3n) is 4.03. The van der Waals surface area contributed by atoms with Crippen molar-refractivity contribution in [2.24, 2.45) is 0 Å². The highest BCUT2D eigenvalue weighted by Crippen LogP contribution is 2.18. The summed E-state index contributed by atoms with van der Waals surface area (Å²) in [4.78, 5) is 13.4. The third kappa shape index (κ3) is 4.71. The number of aliphatic carboxylic acids is 1. The van der Waals surface area contributed by atoms with E-state index < -0.39 is 21.3 Å². The zero-order valence-electron chi connectivity index (χ0n) is 12.6. The number of hydrogen-bond acceptors (Lipinski definition) is 5. The van der Waals surface area contributed by atoms with Crippen LogP contribution in [0.25, 0.3) is 0 Å². The molecule has 0 aromatic heterocycles. The Hall–Kier alpha value is -0.660. The average molecular weight is 306 g/mol. The van der Waals surface area contributed by atoms with Gasteiger partial charge in [-0.2, -0.15) is 0 Å². The SMILES string of the molecule is CCCNC(C)(CCN(C)C1CCS(=O)(=O)C1)C(=O)O. The summed E-state index contributed by atoms with van der Waals surface area (Å²) in [6.45, 7) is 4.90. The molecule has 1 saturated heterocycles. The normalized spacial score (nSPS) is 24.7. The monoisotopic (exact) mass is 306 g/mol. The largest absolute Gasteiger partial charge is 0.480 e. The van der Waals surface area contributed by atoms with Crippen LogP contribution in [0.15, 0.2) is 0 Å². The molecule has 0 saturated carbocycles. The van der Waals surface area contributed by atoms with E-state index in [2.05, 4.69) is 5.32 Å². The van der Waals surface area contributed by atoms with Gasteiger partial charge in [-0.1, -0.05) is 6.92 Å². The highest BCUT2D eigenvalue weighted by Gasteiger charge is 2.35. The summed E-state index contributed by atoms with van der Waals surface area (Å²) in [5.41, 5.74) is -0.957. The molecule has 2 unspecified atom stereocenters. The van der Waals surface area contributed by atoms with E-state index in [0.29, 0.717) is 25.9 Å². The fourth-order valence-electron chi connectivity index (χ4n) is 2.38. The summed E-state index contributed by atoms with van der Waals surface area (Å²) in [6.07, 6.45) is 1.97. The van der Waals surface area contributed by atoms with E-state index in [9.17, 15) is 18.3 Å². The van der Waals surface area contributed by atoms with Crippen molar-refractivity contribution >= 4 is 15.8 Å². The third-order valence-corrected chi connectivity index (χ3v) is 5.78. The van der Waals surface area contributed by atoms with E-state index in [0.717, 1.165) is 6.42 Å². The van der Waals surface area contributed by atoms with Crippen molar-refractivity contribution in [1.29, 1.82) is 0 Å². The maximum atomic E-state index is 11.5. The second kappa shape index (κ2) is 6.87. The second-order valence-corrected chi connectivity index (χ2v) is 8.08. The molecule has 2 N–H and O–H groups in total. The van der Waals surface area contributed by atoms with Crippen molar-refractivity contribution in [2.45, 2.75) is 44.7 Å². The molecule has 7 heteroatoms. The Morgan fingerprint density at radius 3 is 2.60 bits per heavy atom. The van der Waals surface area contributed by atoms with Crippen molar-refractivity contribution < 1.29 is 18.3 Å². The summed E-state index contributed by atoms with van der Waals surface area (Å²) >= 11 is 0. The predicted molar refractivity (Wildman–Crippen MR) is 78.6 cm³/mol. The van der Waals surface area contributed by atoms with E-state index in [4.69, 9.17) is 0 Å². The summed E-state index contributed by atoms with van der Waals surface area (Å²) in [5, 5.41) is 12.4. The van der Waals surface area contributed by atoms with Crippen LogP contribution in [0, 0.1) is 0 Å². The number of sulfone groups is 1. The molecular formula is C13H26N2O4S. The molecule has 0 radical (unpaired) electrons. The number of carboxylic acid groups (broad SMARTS) is 1.